The fraction of sp³-hybridized carbons (Fsp3) is 0.333. The number of hydrogen-bond acceptors (Lipinski definition) is 4. The van der Waals surface area contributed by atoms with Gasteiger partial charge in [-0.05, 0) is 55.5 Å². The normalized spacial score (nSPS) is 24.0. The summed E-state index contributed by atoms with van der Waals surface area (Å²) in [6.45, 7) is 1.91. The summed E-state index contributed by atoms with van der Waals surface area (Å²) in [4.78, 5) is 25.5. The number of para-hydroxylation sites is 1. The van der Waals surface area contributed by atoms with E-state index in [1.165, 1.54) is 0 Å². The molecule has 0 saturated carbocycles. The molecule has 5 heteroatoms. The lowest BCUT2D eigenvalue weighted by Crippen LogP contribution is -2.39. The standard InChI is InChI=1S/C21H21NO4/c1-12-9-15-13(10-18(12)26-2)7-8-14(19(15)23)11-21(25)16-5-3-4-6-17(16)22-20(21)24/h3-6,9-10,14,25H,7-8,11H2,1-2H3,(H,22,24). The number of carbonyl (C=O) groups is 2. The van der Waals surface area contributed by atoms with Crippen molar-refractivity contribution in [3.8, 4) is 5.75 Å². The van der Waals surface area contributed by atoms with Crippen molar-refractivity contribution in [2.24, 2.45) is 5.92 Å². The molecule has 1 aliphatic heterocycles. The molecule has 4 rings (SSSR count). The van der Waals surface area contributed by atoms with E-state index in [1.807, 2.05) is 25.1 Å². The van der Waals surface area contributed by atoms with Crippen LogP contribution in [0.1, 0.15) is 39.9 Å². The van der Waals surface area contributed by atoms with E-state index in [9.17, 15) is 14.7 Å². The number of benzene rings is 2. The first-order valence-corrected chi connectivity index (χ1v) is 8.79. The number of methoxy groups -OCH3 is 1. The van der Waals surface area contributed by atoms with Crippen molar-refractivity contribution in [3.63, 3.8) is 0 Å². The lowest BCUT2D eigenvalue weighted by molar-refractivity contribution is -0.135. The molecule has 0 aromatic heterocycles. The van der Waals surface area contributed by atoms with Crippen molar-refractivity contribution in [3.05, 3.63) is 58.7 Å². The van der Waals surface area contributed by atoms with Gasteiger partial charge in [0.2, 0.25) is 0 Å². The summed E-state index contributed by atoms with van der Waals surface area (Å²) in [7, 11) is 1.62. The van der Waals surface area contributed by atoms with Crippen molar-refractivity contribution in [1.29, 1.82) is 0 Å². The molecule has 0 bridgehead atoms. The molecule has 0 spiro atoms. The Morgan fingerprint density at radius 3 is 2.81 bits per heavy atom. The predicted molar refractivity (Wildman–Crippen MR) is 97.5 cm³/mol. The molecule has 2 atom stereocenters. The lowest BCUT2D eigenvalue weighted by Gasteiger charge is -2.30. The van der Waals surface area contributed by atoms with Crippen molar-refractivity contribution in [2.75, 3.05) is 12.4 Å². The van der Waals surface area contributed by atoms with Gasteiger partial charge in [-0.25, -0.2) is 0 Å². The number of aryl methyl sites for hydroxylation is 2. The second-order valence-corrected chi connectivity index (χ2v) is 7.14. The zero-order chi connectivity index (χ0) is 18.5. The fourth-order valence-electron chi connectivity index (χ4n) is 4.12. The Bertz CT molecular complexity index is 920. The molecule has 5 nitrogen and oxygen atoms in total. The Morgan fingerprint density at radius 1 is 1.27 bits per heavy atom. The summed E-state index contributed by atoms with van der Waals surface area (Å²) in [5.74, 6) is -0.0826. The minimum Gasteiger partial charge on any atom is -0.496 e. The number of anilines is 1. The number of fused-ring (bicyclic) bond motifs is 2. The lowest BCUT2D eigenvalue weighted by atomic mass is 9.75. The van der Waals surface area contributed by atoms with Crippen LogP contribution in [0.5, 0.6) is 5.75 Å². The Morgan fingerprint density at radius 2 is 2.04 bits per heavy atom. The zero-order valence-corrected chi connectivity index (χ0v) is 14.8. The molecule has 1 heterocycles. The van der Waals surface area contributed by atoms with Gasteiger partial charge in [0.25, 0.3) is 5.91 Å². The highest BCUT2D eigenvalue weighted by Gasteiger charge is 2.48. The second-order valence-electron chi connectivity index (χ2n) is 7.14. The maximum atomic E-state index is 13.0. The molecule has 2 N–H and O–H groups in total. The number of rotatable bonds is 3. The van der Waals surface area contributed by atoms with Crippen LogP contribution in [0.15, 0.2) is 36.4 Å². The zero-order valence-electron chi connectivity index (χ0n) is 14.8. The molecule has 0 radical (unpaired) electrons. The van der Waals surface area contributed by atoms with Gasteiger partial charge in [0.1, 0.15) is 5.75 Å². The number of nitrogens with one attached hydrogen (secondary N) is 1. The van der Waals surface area contributed by atoms with Crippen LogP contribution in [-0.4, -0.2) is 23.9 Å². The van der Waals surface area contributed by atoms with Crippen LogP contribution in [0.4, 0.5) is 5.69 Å². The summed E-state index contributed by atoms with van der Waals surface area (Å²) in [5, 5.41) is 13.8. The van der Waals surface area contributed by atoms with Gasteiger partial charge >= 0.3 is 0 Å². The van der Waals surface area contributed by atoms with Gasteiger partial charge in [0.15, 0.2) is 11.4 Å². The molecule has 1 aliphatic carbocycles. The smallest absolute Gasteiger partial charge is 0.261 e. The average Bonchev–Trinajstić information content (AvgIpc) is 2.88. The number of hydrogen-bond donors (Lipinski definition) is 2. The van der Waals surface area contributed by atoms with Crippen LogP contribution in [0.3, 0.4) is 0 Å². The number of Topliss-reactive ketones (excluding diaryl/α,β-unsaturated/α-hetero) is 1. The third-order valence-corrected chi connectivity index (χ3v) is 5.56. The molecule has 0 saturated heterocycles. The van der Waals surface area contributed by atoms with E-state index in [0.29, 0.717) is 23.2 Å². The highest BCUT2D eigenvalue weighted by atomic mass is 16.5. The number of ether oxygens (including phenoxy) is 1. The van der Waals surface area contributed by atoms with E-state index in [1.54, 1.807) is 25.3 Å². The summed E-state index contributed by atoms with van der Waals surface area (Å²) in [6, 6.07) is 10.9. The topological polar surface area (TPSA) is 75.6 Å². The maximum absolute atomic E-state index is 13.0. The molecule has 0 fully saturated rings. The molecular weight excluding hydrogens is 330 g/mol. The highest BCUT2D eigenvalue weighted by molar-refractivity contribution is 6.06. The second kappa shape index (κ2) is 5.95. The summed E-state index contributed by atoms with van der Waals surface area (Å²) in [5.41, 5.74) is 2.06. The number of ketones is 1. The van der Waals surface area contributed by atoms with E-state index < -0.39 is 17.4 Å². The molecule has 26 heavy (non-hydrogen) atoms. The largest absolute Gasteiger partial charge is 0.496 e. The van der Waals surface area contributed by atoms with Crippen LogP contribution in [0.2, 0.25) is 0 Å². The van der Waals surface area contributed by atoms with Gasteiger partial charge < -0.3 is 15.2 Å². The summed E-state index contributed by atoms with van der Waals surface area (Å²) in [6.07, 6.45) is 1.43. The van der Waals surface area contributed by atoms with Crippen molar-refractivity contribution >= 4 is 17.4 Å². The Balaban J connectivity index is 1.66. The number of amides is 1. The molecule has 2 aliphatic rings. The van der Waals surface area contributed by atoms with E-state index in [-0.39, 0.29) is 12.2 Å². The highest BCUT2D eigenvalue weighted by Crippen LogP contribution is 2.43. The molecule has 2 aromatic carbocycles. The quantitative estimate of drug-likeness (QED) is 0.891. The summed E-state index contributed by atoms with van der Waals surface area (Å²) < 4.78 is 5.35. The van der Waals surface area contributed by atoms with Gasteiger partial charge in [-0.3, -0.25) is 9.59 Å². The Labute approximate surface area is 152 Å². The molecular formula is C21H21NO4. The molecule has 1 amide bonds. The minimum absolute atomic E-state index is 0.0115. The van der Waals surface area contributed by atoms with Gasteiger partial charge in [0, 0.05) is 22.7 Å². The Hall–Kier alpha value is -2.66. The van der Waals surface area contributed by atoms with Gasteiger partial charge in [-0.2, -0.15) is 0 Å². The van der Waals surface area contributed by atoms with Gasteiger partial charge in [-0.15, -0.1) is 0 Å². The molecule has 134 valence electrons. The minimum atomic E-state index is -1.66. The SMILES string of the molecule is COc1cc2c(cc1C)C(=O)C(CC1(O)C(=O)Nc3ccccc31)CC2. The van der Waals surface area contributed by atoms with E-state index >= 15 is 0 Å². The van der Waals surface area contributed by atoms with E-state index in [4.69, 9.17) is 4.74 Å². The van der Waals surface area contributed by atoms with Crippen molar-refractivity contribution in [1.82, 2.24) is 0 Å². The number of carbonyl (C=O) groups excluding carboxylic acids is 2. The average molecular weight is 351 g/mol. The molecule has 2 unspecified atom stereocenters. The number of aliphatic hydroxyl groups is 1. The van der Waals surface area contributed by atoms with E-state index in [2.05, 4.69) is 5.32 Å². The van der Waals surface area contributed by atoms with Crippen LogP contribution in [-0.2, 0) is 16.8 Å². The third kappa shape index (κ3) is 2.42. The maximum Gasteiger partial charge on any atom is 0.261 e. The first-order chi connectivity index (χ1) is 12.4. The first kappa shape index (κ1) is 16.8. The summed E-state index contributed by atoms with van der Waals surface area (Å²) >= 11 is 0. The van der Waals surface area contributed by atoms with Crippen LogP contribution >= 0.6 is 0 Å². The Kier molecular flexibility index (Phi) is 3.84. The van der Waals surface area contributed by atoms with Gasteiger partial charge in [0.05, 0.1) is 7.11 Å². The van der Waals surface area contributed by atoms with Crippen LogP contribution in [0, 0.1) is 12.8 Å². The van der Waals surface area contributed by atoms with Crippen molar-refractivity contribution in [2.45, 2.75) is 31.8 Å². The van der Waals surface area contributed by atoms with Gasteiger partial charge in [-0.1, -0.05) is 18.2 Å². The van der Waals surface area contributed by atoms with Crippen LogP contribution < -0.4 is 10.1 Å². The predicted octanol–water partition coefficient (Wildman–Crippen LogP) is 2.98. The van der Waals surface area contributed by atoms with E-state index in [0.717, 1.165) is 23.3 Å². The first-order valence-electron chi connectivity index (χ1n) is 8.79. The monoisotopic (exact) mass is 351 g/mol. The fourth-order valence-corrected chi connectivity index (χ4v) is 4.12. The van der Waals surface area contributed by atoms with Crippen LogP contribution in [0.25, 0.3) is 0 Å². The molecule has 2 aromatic rings. The van der Waals surface area contributed by atoms with Crippen molar-refractivity contribution < 1.29 is 19.4 Å². The third-order valence-electron chi connectivity index (χ3n) is 5.56.